The average Bonchev–Trinajstić information content (AvgIpc) is 2.99. The maximum absolute atomic E-state index is 13.3. The number of aromatic nitrogens is 3. The van der Waals surface area contributed by atoms with E-state index in [2.05, 4.69) is 27.1 Å². The summed E-state index contributed by atoms with van der Waals surface area (Å²) < 4.78 is 2.02. The Morgan fingerprint density at radius 2 is 1.81 bits per heavy atom. The molecular formula is C25H36N6O. The van der Waals surface area contributed by atoms with Crippen LogP contribution in [0.25, 0.3) is 5.65 Å². The fourth-order valence-electron chi connectivity index (χ4n) is 6.57. The standard InChI is InChI=1S/C25H36N6O/c1-18-15-27-31-22(18)28-21-6-12-26-11-5-20(21)23(31)30-16-19(17-30)24(32)29-13-9-25(10-14-29)7-3-2-4-8-25/h15,19,26H,2-14,16-17H2,1H3. The monoisotopic (exact) mass is 436 g/mol. The summed E-state index contributed by atoms with van der Waals surface area (Å²) in [6, 6.07) is 0. The second-order valence-corrected chi connectivity index (χ2v) is 10.7. The lowest BCUT2D eigenvalue weighted by Crippen LogP contribution is -2.57. The number of aryl methyl sites for hydroxylation is 1. The predicted molar refractivity (Wildman–Crippen MR) is 125 cm³/mol. The maximum Gasteiger partial charge on any atom is 0.229 e. The quantitative estimate of drug-likeness (QED) is 0.784. The summed E-state index contributed by atoms with van der Waals surface area (Å²) in [6.07, 6.45) is 13.2. The van der Waals surface area contributed by atoms with Gasteiger partial charge >= 0.3 is 0 Å². The minimum atomic E-state index is 0.120. The predicted octanol–water partition coefficient (Wildman–Crippen LogP) is 2.74. The first-order chi connectivity index (χ1) is 15.6. The molecule has 0 atom stereocenters. The molecule has 0 unspecified atom stereocenters. The van der Waals surface area contributed by atoms with Crippen molar-refractivity contribution in [1.29, 1.82) is 0 Å². The summed E-state index contributed by atoms with van der Waals surface area (Å²) in [6.45, 7) is 7.57. The second-order valence-electron chi connectivity index (χ2n) is 10.7. The Hall–Kier alpha value is -2.15. The van der Waals surface area contributed by atoms with Gasteiger partial charge in [-0.2, -0.15) is 9.61 Å². The van der Waals surface area contributed by atoms with E-state index >= 15 is 0 Å². The van der Waals surface area contributed by atoms with Crippen LogP contribution in [0.4, 0.5) is 5.82 Å². The van der Waals surface area contributed by atoms with Crippen molar-refractivity contribution in [3.05, 3.63) is 23.0 Å². The zero-order valence-electron chi connectivity index (χ0n) is 19.4. The van der Waals surface area contributed by atoms with Crippen LogP contribution in [0.2, 0.25) is 0 Å². The smallest absolute Gasteiger partial charge is 0.229 e. The maximum atomic E-state index is 13.3. The number of amides is 1. The molecule has 4 aliphatic rings. The molecule has 2 aromatic rings. The number of fused-ring (bicyclic) bond motifs is 2. The van der Waals surface area contributed by atoms with Crippen LogP contribution in [0, 0.1) is 18.3 Å². The Bertz CT molecular complexity index is 1010. The van der Waals surface area contributed by atoms with Crippen LogP contribution in [0.3, 0.4) is 0 Å². The van der Waals surface area contributed by atoms with Gasteiger partial charge in [-0.25, -0.2) is 4.98 Å². The number of likely N-dealkylation sites (tertiary alicyclic amines) is 1. The van der Waals surface area contributed by atoms with Gasteiger partial charge in [0.05, 0.1) is 17.8 Å². The second kappa shape index (κ2) is 8.01. The molecule has 1 aliphatic carbocycles. The van der Waals surface area contributed by atoms with Crippen LogP contribution < -0.4 is 10.2 Å². The fraction of sp³-hybridized carbons (Fsp3) is 0.720. The lowest BCUT2D eigenvalue weighted by Gasteiger charge is -2.47. The van der Waals surface area contributed by atoms with Gasteiger partial charge in [0.25, 0.3) is 0 Å². The number of piperidine rings is 1. The van der Waals surface area contributed by atoms with Crippen molar-refractivity contribution < 1.29 is 4.79 Å². The number of carbonyl (C=O) groups is 1. The van der Waals surface area contributed by atoms with E-state index in [9.17, 15) is 4.79 Å². The summed E-state index contributed by atoms with van der Waals surface area (Å²) in [7, 11) is 0. The first kappa shape index (κ1) is 20.5. The highest BCUT2D eigenvalue weighted by molar-refractivity contribution is 5.82. The first-order valence-electron chi connectivity index (χ1n) is 12.7. The molecule has 32 heavy (non-hydrogen) atoms. The molecule has 2 saturated heterocycles. The summed E-state index contributed by atoms with van der Waals surface area (Å²) in [5, 5.41) is 8.17. The van der Waals surface area contributed by atoms with Gasteiger partial charge in [0.1, 0.15) is 5.82 Å². The molecule has 5 heterocycles. The van der Waals surface area contributed by atoms with Crippen molar-refractivity contribution in [2.75, 3.05) is 44.2 Å². The molecule has 3 aliphatic heterocycles. The lowest BCUT2D eigenvalue weighted by molar-refractivity contribution is -0.139. The van der Waals surface area contributed by atoms with Crippen LogP contribution in [0.1, 0.15) is 61.8 Å². The molecule has 0 radical (unpaired) electrons. The van der Waals surface area contributed by atoms with Crippen molar-refractivity contribution >= 4 is 17.4 Å². The molecule has 0 aromatic carbocycles. The molecule has 1 spiro atoms. The van der Waals surface area contributed by atoms with Gasteiger partial charge in [0.15, 0.2) is 5.65 Å². The minimum absolute atomic E-state index is 0.120. The van der Waals surface area contributed by atoms with Crippen molar-refractivity contribution in [1.82, 2.24) is 24.8 Å². The summed E-state index contributed by atoms with van der Waals surface area (Å²) >= 11 is 0. The first-order valence-corrected chi connectivity index (χ1v) is 12.7. The summed E-state index contributed by atoms with van der Waals surface area (Å²) in [5.41, 5.74) is 5.14. The zero-order chi connectivity index (χ0) is 21.7. The number of hydrogen-bond donors (Lipinski definition) is 1. The molecule has 1 amide bonds. The zero-order valence-corrected chi connectivity index (χ0v) is 19.4. The van der Waals surface area contributed by atoms with Crippen LogP contribution >= 0.6 is 0 Å². The Morgan fingerprint density at radius 1 is 1.06 bits per heavy atom. The Balaban J connectivity index is 1.17. The van der Waals surface area contributed by atoms with Crippen molar-refractivity contribution in [2.24, 2.45) is 11.3 Å². The van der Waals surface area contributed by atoms with E-state index < -0.39 is 0 Å². The molecule has 0 bridgehead atoms. The molecule has 1 saturated carbocycles. The highest BCUT2D eigenvalue weighted by Gasteiger charge is 2.42. The molecule has 3 fully saturated rings. The highest BCUT2D eigenvalue weighted by atomic mass is 16.2. The van der Waals surface area contributed by atoms with Crippen molar-refractivity contribution in [2.45, 2.75) is 64.7 Å². The molecule has 1 N–H and O–H groups in total. The van der Waals surface area contributed by atoms with Gasteiger partial charge in [-0.05, 0) is 51.0 Å². The van der Waals surface area contributed by atoms with E-state index in [0.29, 0.717) is 11.3 Å². The summed E-state index contributed by atoms with van der Waals surface area (Å²) in [4.78, 5) is 22.8. The molecule has 6 rings (SSSR count). The molecule has 7 heteroatoms. The largest absolute Gasteiger partial charge is 0.354 e. The number of nitrogens with zero attached hydrogens (tertiary/aromatic N) is 5. The van der Waals surface area contributed by atoms with Gasteiger partial charge in [0.2, 0.25) is 5.91 Å². The van der Waals surface area contributed by atoms with E-state index in [4.69, 9.17) is 4.98 Å². The number of rotatable bonds is 2. The average molecular weight is 437 g/mol. The normalized spacial score (nSPS) is 23.8. The fourth-order valence-corrected chi connectivity index (χ4v) is 6.57. The third kappa shape index (κ3) is 3.40. The van der Waals surface area contributed by atoms with Crippen LogP contribution in [-0.4, -0.2) is 64.7 Å². The molecule has 172 valence electrons. The van der Waals surface area contributed by atoms with E-state index in [0.717, 1.165) is 63.3 Å². The summed E-state index contributed by atoms with van der Waals surface area (Å²) in [5.74, 6) is 1.67. The van der Waals surface area contributed by atoms with Crippen molar-refractivity contribution in [3.63, 3.8) is 0 Å². The van der Waals surface area contributed by atoms with Crippen molar-refractivity contribution in [3.8, 4) is 0 Å². The Morgan fingerprint density at radius 3 is 2.59 bits per heavy atom. The van der Waals surface area contributed by atoms with Crippen LogP contribution in [0.5, 0.6) is 0 Å². The van der Waals surface area contributed by atoms with E-state index in [-0.39, 0.29) is 5.92 Å². The molecular weight excluding hydrogens is 400 g/mol. The highest BCUT2D eigenvalue weighted by Crippen LogP contribution is 2.45. The Labute approximate surface area is 190 Å². The van der Waals surface area contributed by atoms with Gasteiger partial charge < -0.3 is 15.1 Å². The van der Waals surface area contributed by atoms with E-state index in [1.807, 2.05) is 10.7 Å². The van der Waals surface area contributed by atoms with Gasteiger partial charge in [-0.3, -0.25) is 4.79 Å². The molecule has 7 nitrogen and oxygen atoms in total. The SMILES string of the molecule is Cc1cnn2c(N3CC(C(=O)N4CCC5(CCCCC5)CC4)C3)c3c(nc12)CCNCC3. The van der Waals surface area contributed by atoms with Gasteiger partial charge in [0, 0.05) is 50.3 Å². The van der Waals surface area contributed by atoms with Crippen LogP contribution in [0.15, 0.2) is 6.20 Å². The van der Waals surface area contributed by atoms with E-state index in [1.54, 1.807) is 0 Å². The topological polar surface area (TPSA) is 65.8 Å². The van der Waals surface area contributed by atoms with Gasteiger partial charge in [-0.1, -0.05) is 19.3 Å². The number of carbonyl (C=O) groups excluding carboxylic acids is 1. The number of anilines is 1. The third-order valence-electron chi connectivity index (χ3n) is 8.65. The molecule has 2 aromatic heterocycles. The lowest BCUT2D eigenvalue weighted by atomic mass is 9.68. The number of nitrogens with one attached hydrogen (secondary N) is 1. The third-order valence-corrected chi connectivity index (χ3v) is 8.65. The van der Waals surface area contributed by atoms with Crippen LogP contribution in [-0.2, 0) is 17.6 Å². The van der Waals surface area contributed by atoms with Gasteiger partial charge in [-0.15, -0.1) is 0 Å². The Kier molecular flexibility index (Phi) is 5.12. The number of hydrogen-bond acceptors (Lipinski definition) is 5. The minimum Gasteiger partial charge on any atom is -0.354 e. The van der Waals surface area contributed by atoms with E-state index in [1.165, 1.54) is 62.0 Å².